The van der Waals surface area contributed by atoms with Crippen molar-refractivity contribution in [3.05, 3.63) is 29.6 Å². The molecule has 2 rings (SSSR count). The van der Waals surface area contributed by atoms with Gasteiger partial charge in [0.05, 0.1) is 0 Å². The Balaban J connectivity index is 1.90. The number of carbonyl (C=O) groups is 2. The molecule has 2 N–H and O–H groups in total. The fourth-order valence-electron chi connectivity index (χ4n) is 2.15. The second-order valence-electron chi connectivity index (χ2n) is 4.66. The molecule has 6 heteroatoms. The number of hydrogen-bond acceptors (Lipinski definition) is 3. The largest absolute Gasteiger partial charge is 0.480 e. The Kier molecular flexibility index (Phi) is 3.99. The lowest BCUT2D eigenvalue weighted by atomic mass is 10.2. The average Bonchev–Trinajstić information content (AvgIpc) is 2.87. The molecule has 1 aliphatic rings. The molecule has 0 aliphatic carbocycles. The van der Waals surface area contributed by atoms with Gasteiger partial charge in [-0.3, -0.25) is 4.98 Å². The fraction of sp³-hybridized carbons (Fsp3) is 0.462. The number of aromatic nitrogens is 1. The molecule has 0 saturated carbocycles. The van der Waals surface area contributed by atoms with E-state index in [1.165, 1.54) is 4.90 Å². The topological polar surface area (TPSA) is 82.5 Å². The zero-order valence-electron chi connectivity index (χ0n) is 10.8. The van der Waals surface area contributed by atoms with Crippen LogP contribution in [0.25, 0.3) is 0 Å². The third-order valence-corrected chi connectivity index (χ3v) is 3.22. The third kappa shape index (κ3) is 3.21. The number of carboxylic acids is 1. The van der Waals surface area contributed by atoms with E-state index in [0.717, 1.165) is 17.7 Å². The lowest BCUT2D eigenvalue weighted by molar-refractivity contribution is -0.141. The molecule has 1 fully saturated rings. The summed E-state index contributed by atoms with van der Waals surface area (Å²) in [6.45, 7) is 2.74. The Hall–Kier alpha value is -2.11. The van der Waals surface area contributed by atoms with Crippen LogP contribution in [0.2, 0.25) is 0 Å². The van der Waals surface area contributed by atoms with E-state index in [1.807, 2.05) is 19.1 Å². The number of rotatable bonds is 3. The van der Waals surface area contributed by atoms with E-state index in [1.54, 1.807) is 6.20 Å². The van der Waals surface area contributed by atoms with Crippen molar-refractivity contribution in [2.24, 2.45) is 0 Å². The van der Waals surface area contributed by atoms with Crippen molar-refractivity contribution in [2.75, 3.05) is 6.54 Å². The van der Waals surface area contributed by atoms with Gasteiger partial charge in [-0.2, -0.15) is 0 Å². The molecule has 2 heterocycles. The fourth-order valence-corrected chi connectivity index (χ4v) is 2.15. The molecular formula is C13H17N3O3. The molecular weight excluding hydrogens is 246 g/mol. The van der Waals surface area contributed by atoms with E-state index in [9.17, 15) is 9.59 Å². The summed E-state index contributed by atoms with van der Waals surface area (Å²) in [6, 6.07) is 2.74. The minimum Gasteiger partial charge on any atom is -0.480 e. The van der Waals surface area contributed by atoms with E-state index in [2.05, 4.69) is 10.3 Å². The minimum atomic E-state index is -0.940. The summed E-state index contributed by atoms with van der Waals surface area (Å²) in [5, 5.41) is 11.7. The predicted octanol–water partition coefficient (Wildman–Crippen LogP) is 1.15. The van der Waals surface area contributed by atoms with Gasteiger partial charge in [0.1, 0.15) is 6.04 Å². The molecule has 1 atom stereocenters. The highest BCUT2D eigenvalue weighted by Crippen LogP contribution is 2.17. The number of pyridine rings is 1. The molecule has 1 aromatic rings. The molecule has 1 aliphatic heterocycles. The number of likely N-dealkylation sites (tertiary alicyclic amines) is 1. The van der Waals surface area contributed by atoms with Crippen LogP contribution >= 0.6 is 0 Å². The van der Waals surface area contributed by atoms with E-state index >= 15 is 0 Å². The summed E-state index contributed by atoms with van der Waals surface area (Å²) in [7, 11) is 0. The lowest BCUT2D eigenvalue weighted by Gasteiger charge is -2.21. The van der Waals surface area contributed by atoms with Gasteiger partial charge >= 0.3 is 12.0 Å². The van der Waals surface area contributed by atoms with Gasteiger partial charge in [0.2, 0.25) is 0 Å². The molecule has 102 valence electrons. The van der Waals surface area contributed by atoms with Crippen LogP contribution < -0.4 is 5.32 Å². The first kappa shape index (κ1) is 13.3. The number of aliphatic carboxylic acids is 1. The first-order valence-electron chi connectivity index (χ1n) is 6.27. The number of nitrogens with zero attached hydrogens (tertiary/aromatic N) is 2. The van der Waals surface area contributed by atoms with Crippen LogP contribution in [0.5, 0.6) is 0 Å². The van der Waals surface area contributed by atoms with E-state index in [0.29, 0.717) is 19.5 Å². The number of aryl methyl sites for hydroxylation is 1. The monoisotopic (exact) mass is 263 g/mol. The van der Waals surface area contributed by atoms with Crippen LogP contribution in [0.4, 0.5) is 4.79 Å². The van der Waals surface area contributed by atoms with E-state index in [4.69, 9.17) is 5.11 Å². The molecule has 1 aromatic heterocycles. The van der Waals surface area contributed by atoms with Gasteiger partial charge < -0.3 is 15.3 Å². The SMILES string of the molecule is Cc1ccc(CNC(=O)N2CCC[C@H]2C(=O)O)cn1. The first-order valence-corrected chi connectivity index (χ1v) is 6.27. The average molecular weight is 263 g/mol. The van der Waals surface area contributed by atoms with Gasteiger partial charge in [0, 0.05) is 25.0 Å². The Bertz CT molecular complexity index is 473. The normalized spacial score (nSPS) is 18.4. The van der Waals surface area contributed by atoms with Crippen LogP contribution in [0, 0.1) is 6.92 Å². The van der Waals surface area contributed by atoms with Gasteiger partial charge in [0.15, 0.2) is 0 Å². The second-order valence-corrected chi connectivity index (χ2v) is 4.66. The van der Waals surface area contributed by atoms with E-state index in [-0.39, 0.29) is 6.03 Å². The summed E-state index contributed by atoms with van der Waals surface area (Å²) in [4.78, 5) is 28.4. The van der Waals surface area contributed by atoms with Crippen LogP contribution in [-0.2, 0) is 11.3 Å². The van der Waals surface area contributed by atoms with Crippen molar-refractivity contribution < 1.29 is 14.7 Å². The Morgan fingerprint density at radius 3 is 2.95 bits per heavy atom. The Morgan fingerprint density at radius 1 is 1.53 bits per heavy atom. The van der Waals surface area contributed by atoms with Gasteiger partial charge in [-0.25, -0.2) is 9.59 Å². The van der Waals surface area contributed by atoms with Crippen molar-refractivity contribution in [1.29, 1.82) is 0 Å². The van der Waals surface area contributed by atoms with Crippen LogP contribution in [0.15, 0.2) is 18.3 Å². The zero-order chi connectivity index (χ0) is 13.8. The van der Waals surface area contributed by atoms with Crippen molar-refractivity contribution in [3.8, 4) is 0 Å². The number of amides is 2. The molecule has 6 nitrogen and oxygen atoms in total. The zero-order valence-corrected chi connectivity index (χ0v) is 10.8. The van der Waals surface area contributed by atoms with Crippen LogP contribution in [0.1, 0.15) is 24.1 Å². The number of carboxylic acid groups (broad SMARTS) is 1. The smallest absolute Gasteiger partial charge is 0.326 e. The van der Waals surface area contributed by atoms with Crippen molar-refractivity contribution in [3.63, 3.8) is 0 Å². The molecule has 2 amide bonds. The quantitative estimate of drug-likeness (QED) is 0.857. The summed E-state index contributed by atoms with van der Waals surface area (Å²) in [5.41, 5.74) is 1.81. The molecule has 0 unspecified atom stereocenters. The first-order chi connectivity index (χ1) is 9.08. The number of nitrogens with one attached hydrogen (secondary N) is 1. The number of urea groups is 1. The lowest BCUT2D eigenvalue weighted by Crippen LogP contribution is -2.45. The summed E-state index contributed by atoms with van der Waals surface area (Å²) >= 11 is 0. The number of hydrogen-bond donors (Lipinski definition) is 2. The molecule has 1 saturated heterocycles. The van der Waals surface area contributed by atoms with Gasteiger partial charge in [-0.05, 0) is 31.4 Å². The Labute approximate surface area is 111 Å². The van der Waals surface area contributed by atoms with Gasteiger partial charge in [-0.15, -0.1) is 0 Å². The maximum absolute atomic E-state index is 11.9. The van der Waals surface area contributed by atoms with Crippen molar-refractivity contribution >= 4 is 12.0 Å². The number of carbonyl (C=O) groups excluding carboxylic acids is 1. The molecule has 19 heavy (non-hydrogen) atoms. The third-order valence-electron chi connectivity index (χ3n) is 3.22. The maximum atomic E-state index is 11.9. The summed E-state index contributed by atoms with van der Waals surface area (Å²) < 4.78 is 0. The maximum Gasteiger partial charge on any atom is 0.326 e. The predicted molar refractivity (Wildman–Crippen MR) is 68.6 cm³/mol. The summed E-state index contributed by atoms with van der Waals surface area (Å²) in [5.74, 6) is -0.940. The van der Waals surface area contributed by atoms with Crippen LogP contribution in [-0.4, -0.2) is 39.6 Å². The highest BCUT2D eigenvalue weighted by Gasteiger charge is 2.33. The van der Waals surface area contributed by atoms with E-state index < -0.39 is 12.0 Å². The second kappa shape index (κ2) is 5.69. The van der Waals surface area contributed by atoms with Crippen molar-refractivity contribution in [2.45, 2.75) is 32.4 Å². The molecule has 0 bridgehead atoms. The molecule has 0 spiro atoms. The minimum absolute atomic E-state index is 0.328. The highest BCUT2D eigenvalue weighted by molar-refractivity contribution is 5.83. The van der Waals surface area contributed by atoms with Gasteiger partial charge in [0.25, 0.3) is 0 Å². The summed E-state index contributed by atoms with van der Waals surface area (Å²) in [6.07, 6.45) is 2.96. The van der Waals surface area contributed by atoms with Gasteiger partial charge in [-0.1, -0.05) is 6.07 Å². The molecule has 0 aromatic carbocycles. The molecule has 0 radical (unpaired) electrons. The standard InChI is InChI=1S/C13H17N3O3/c1-9-4-5-10(7-14-9)8-15-13(19)16-6-2-3-11(16)12(17)18/h4-5,7,11H,2-3,6,8H2,1H3,(H,15,19)(H,17,18)/t11-/m0/s1. The van der Waals surface area contributed by atoms with Crippen LogP contribution in [0.3, 0.4) is 0 Å². The van der Waals surface area contributed by atoms with Crippen molar-refractivity contribution in [1.82, 2.24) is 15.2 Å². The highest BCUT2D eigenvalue weighted by atomic mass is 16.4. The Morgan fingerprint density at radius 2 is 2.32 bits per heavy atom.